The van der Waals surface area contributed by atoms with E-state index in [0.717, 1.165) is 18.2 Å². The van der Waals surface area contributed by atoms with Gasteiger partial charge in [0, 0.05) is 17.5 Å². The quantitative estimate of drug-likeness (QED) is 0.165. The number of alkyl halides is 8. The summed E-state index contributed by atoms with van der Waals surface area (Å²) in [6, 6.07) is 3.50. The SMILES string of the molecule is O=C(C[C@@H]1CON(CC(F)(F)F)C1=O)c1ccc(/C(F)=C/C(c2cc(Cl)c(Cl)c(Cl)c2)C(F)F)cc1C(F)(F)F. The Kier molecular flexibility index (Phi) is 9.75. The van der Waals surface area contributed by atoms with Crippen LogP contribution in [-0.2, 0) is 15.8 Å². The molecule has 3 rings (SSSR count). The molecule has 2 atom stereocenters. The zero-order valence-corrected chi connectivity index (χ0v) is 21.8. The molecule has 16 heteroatoms. The van der Waals surface area contributed by atoms with Crippen LogP contribution in [0.2, 0.25) is 15.1 Å². The second kappa shape index (κ2) is 12.2. The molecule has 1 heterocycles. The second-order valence-corrected chi connectivity index (χ2v) is 9.73. The lowest BCUT2D eigenvalue weighted by atomic mass is 9.92. The predicted octanol–water partition coefficient (Wildman–Crippen LogP) is 8.55. The van der Waals surface area contributed by atoms with Gasteiger partial charge in [0.05, 0.1) is 39.1 Å². The molecule has 0 aromatic heterocycles. The van der Waals surface area contributed by atoms with Crippen LogP contribution in [0.25, 0.3) is 5.83 Å². The van der Waals surface area contributed by atoms with Crippen molar-refractivity contribution in [2.45, 2.75) is 31.1 Å². The maximum atomic E-state index is 15.0. The Hall–Kier alpha value is -2.48. The highest BCUT2D eigenvalue weighted by Gasteiger charge is 2.42. The van der Waals surface area contributed by atoms with Crippen LogP contribution in [0.1, 0.15) is 39.4 Å². The number of halogens is 12. The van der Waals surface area contributed by atoms with E-state index in [1.54, 1.807) is 0 Å². The summed E-state index contributed by atoms with van der Waals surface area (Å²) in [4.78, 5) is 29.3. The van der Waals surface area contributed by atoms with Crippen molar-refractivity contribution in [2.24, 2.45) is 5.92 Å². The molecule has 1 aliphatic rings. The first-order chi connectivity index (χ1) is 18.4. The number of hydrogen-bond donors (Lipinski definition) is 0. The largest absolute Gasteiger partial charge is 0.417 e. The topological polar surface area (TPSA) is 46.6 Å². The van der Waals surface area contributed by atoms with Crippen LogP contribution in [0, 0.1) is 5.92 Å². The molecule has 0 N–H and O–H groups in total. The molecule has 0 radical (unpaired) electrons. The molecule has 1 saturated heterocycles. The maximum Gasteiger partial charge on any atom is 0.417 e. The van der Waals surface area contributed by atoms with E-state index in [0.29, 0.717) is 12.1 Å². The number of benzene rings is 2. The van der Waals surface area contributed by atoms with Crippen LogP contribution >= 0.6 is 34.8 Å². The molecule has 1 unspecified atom stereocenters. The number of nitrogens with zero attached hydrogens (tertiary/aromatic N) is 1. The molecule has 1 aliphatic heterocycles. The molecule has 0 saturated carbocycles. The minimum atomic E-state index is -5.24. The standard InChI is InChI=1S/C24H15Cl3F9NO3/c25-16-4-11(5-17(26)20(16)27)14(21(29)30)7-18(28)10-1-2-13(15(3-10)24(34,35)36)19(38)6-12-8-40-37(22(12)39)9-23(31,32)33/h1-5,7,12,14,21H,6,8-9H2/b18-7-/t12-,14?/m1/s1. The Balaban J connectivity index is 1.91. The average Bonchev–Trinajstić information content (AvgIpc) is 3.16. The predicted molar refractivity (Wildman–Crippen MR) is 127 cm³/mol. The van der Waals surface area contributed by atoms with Gasteiger partial charge in [-0.3, -0.25) is 14.4 Å². The Morgan fingerprint density at radius 1 is 1.05 bits per heavy atom. The van der Waals surface area contributed by atoms with E-state index >= 15 is 0 Å². The number of rotatable bonds is 8. The third-order valence-electron chi connectivity index (χ3n) is 5.67. The average molecular weight is 643 g/mol. The van der Waals surface area contributed by atoms with Gasteiger partial charge >= 0.3 is 12.4 Å². The van der Waals surface area contributed by atoms with Gasteiger partial charge in [-0.15, -0.1) is 0 Å². The molecule has 0 aliphatic carbocycles. The molecular formula is C24H15Cl3F9NO3. The van der Waals surface area contributed by atoms with Crippen LogP contribution in [0.4, 0.5) is 39.5 Å². The highest BCUT2D eigenvalue weighted by atomic mass is 35.5. The molecule has 1 fully saturated rings. The van der Waals surface area contributed by atoms with Crippen LogP contribution < -0.4 is 0 Å². The molecular weight excluding hydrogens is 628 g/mol. The number of allylic oxidation sites excluding steroid dienone is 1. The van der Waals surface area contributed by atoms with Crippen LogP contribution in [0.15, 0.2) is 36.4 Å². The number of hydrogen-bond acceptors (Lipinski definition) is 3. The lowest BCUT2D eigenvalue weighted by Crippen LogP contribution is -2.35. The Labute approximate surface area is 235 Å². The lowest BCUT2D eigenvalue weighted by molar-refractivity contribution is -0.214. The first-order valence-corrected chi connectivity index (χ1v) is 12.1. The normalized spacial score (nSPS) is 17.6. The molecule has 218 valence electrons. The van der Waals surface area contributed by atoms with Gasteiger partial charge in [0.1, 0.15) is 12.4 Å². The van der Waals surface area contributed by atoms with Crippen LogP contribution in [-0.4, -0.2) is 42.5 Å². The van der Waals surface area contributed by atoms with E-state index in [4.69, 9.17) is 34.8 Å². The molecule has 0 bridgehead atoms. The number of ketones is 1. The first kappa shape index (κ1) is 32.0. The first-order valence-electron chi connectivity index (χ1n) is 10.9. The summed E-state index contributed by atoms with van der Waals surface area (Å²) in [6.45, 7) is -2.45. The smallest absolute Gasteiger partial charge is 0.294 e. The molecule has 40 heavy (non-hydrogen) atoms. The van der Waals surface area contributed by atoms with Gasteiger partial charge in [0.2, 0.25) is 6.43 Å². The summed E-state index contributed by atoms with van der Waals surface area (Å²) in [5.41, 5.74) is -3.75. The number of Topliss-reactive ketones (excluding diaryl/α,β-unsaturated/α-hetero) is 1. The molecule has 4 nitrogen and oxygen atoms in total. The number of amides is 1. The van der Waals surface area contributed by atoms with E-state index in [2.05, 4.69) is 4.84 Å². The van der Waals surface area contributed by atoms with Crippen molar-refractivity contribution in [1.82, 2.24) is 5.06 Å². The fourth-order valence-electron chi connectivity index (χ4n) is 3.79. The molecule has 1 amide bonds. The summed E-state index contributed by atoms with van der Waals surface area (Å²) in [5, 5.41) is -0.637. The van der Waals surface area contributed by atoms with Gasteiger partial charge in [-0.1, -0.05) is 46.9 Å². The highest BCUT2D eigenvalue weighted by Crippen LogP contribution is 2.39. The Morgan fingerprint density at radius 3 is 2.17 bits per heavy atom. The lowest BCUT2D eigenvalue weighted by Gasteiger charge is -2.17. The van der Waals surface area contributed by atoms with Gasteiger partial charge < -0.3 is 0 Å². The van der Waals surface area contributed by atoms with Gasteiger partial charge in [0.25, 0.3) is 5.91 Å². The Bertz CT molecular complexity index is 1310. The second-order valence-electron chi connectivity index (χ2n) is 8.54. The van der Waals surface area contributed by atoms with Gasteiger partial charge in [0.15, 0.2) is 5.78 Å². The minimum Gasteiger partial charge on any atom is -0.294 e. The summed E-state index contributed by atoms with van der Waals surface area (Å²) < 4.78 is 121. The molecule has 2 aromatic carbocycles. The van der Waals surface area contributed by atoms with Gasteiger partial charge in [-0.2, -0.15) is 26.3 Å². The zero-order chi connectivity index (χ0) is 30.2. The number of hydroxylamine groups is 2. The minimum absolute atomic E-state index is 0.0354. The third-order valence-corrected chi connectivity index (χ3v) is 6.87. The van der Waals surface area contributed by atoms with Crippen LogP contribution in [0.3, 0.4) is 0 Å². The molecule has 2 aromatic rings. The van der Waals surface area contributed by atoms with E-state index < -0.39 is 84.4 Å². The van der Waals surface area contributed by atoms with Gasteiger partial charge in [-0.05, 0) is 29.8 Å². The van der Waals surface area contributed by atoms with Crippen molar-refractivity contribution in [1.29, 1.82) is 0 Å². The van der Waals surface area contributed by atoms with Crippen molar-refractivity contribution in [2.75, 3.05) is 13.2 Å². The fourth-order valence-corrected chi connectivity index (χ4v) is 4.40. The third kappa shape index (κ3) is 7.62. The number of carbonyl (C=O) groups is 2. The summed E-state index contributed by atoms with van der Waals surface area (Å²) in [5.74, 6) is -7.52. The monoisotopic (exact) mass is 641 g/mol. The summed E-state index contributed by atoms with van der Waals surface area (Å²) in [6.07, 6.45) is -13.9. The summed E-state index contributed by atoms with van der Waals surface area (Å²) >= 11 is 17.4. The maximum absolute atomic E-state index is 15.0. The van der Waals surface area contributed by atoms with Gasteiger partial charge in [-0.25, -0.2) is 18.2 Å². The van der Waals surface area contributed by atoms with Crippen molar-refractivity contribution in [3.05, 3.63) is 73.7 Å². The zero-order valence-electron chi connectivity index (χ0n) is 19.5. The van der Waals surface area contributed by atoms with E-state index in [-0.39, 0.29) is 31.8 Å². The van der Waals surface area contributed by atoms with Crippen molar-refractivity contribution in [3.63, 3.8) is 0 Å². The van der Waals surface area contributed by atoms with E-state index in [9.17, 15) is 49.1 Å². The number of carbonyl (C=O) groups excluding carboxylic acids is 2. The Morgan fingerprint density at radius 2 is 1.65 bits per heavy atom. The fraction of sp³-hybridized carbons (Fsp3) is 0.333. The van der Waals surface area contributed by atoms with Crippen molar-refractivity contribution in [3.8, 4) is 0 Å². The highest BCUT2D eigenvalue weighted by molar-refractivity contribution is 6.48. The van der Waals surface area contributed by atoms with E-state index in [1.165, 1.54) is 0 Å². The van der Waals surface area contributed by atoms with Crippen LogP contribution in [0.5, 0.6) is 0 Å². The van der Waals surface area contributed by atoms with Crippen molar-refractivity contribution >= 4 is 52.3 Å². The molecule has 0 spiro atoms. The van der Waals surface area contributed by atoms with Crippen molar-refractivity contribution < 1.29 is 53.9 Å². The summed E-state index contributed by atoms with van der Waals surface area (Å²) in [7, 11) is 0. The van der Waals surface area contributed by atoms with E-state index in [1.807, 2.05) is 0 Å².